The Morgan fingerprint density at radius 1 is 1.06 bits per heavy atom. The van der Waals surface area contributed by atoms with Gasteiger partial charge in [0.1, 0.15) is 0 Å². The van der Waals surface area contributed by atoms with Crippen molar-refractivity contribution in [2.24, 2.45) is 0 Å². The van der Waals surface area contributed by atoms with Gasteiger partial charge in [-0.1, -0.05) is 25.5 Å². The summed E-state index contributed by atoms with van der Waals surface area (Å²) in [6.45, 7) is 5.34. The van der Waals surface area contributed by atoms with Gasteiger partial charge in [-0.05, 0) is 91.3 Å². The van der Waals surface area contributed by atoms with Crippen molar-refractivity contribution in [1.82, 2.24) is 4.90 Å². The Kier molecular flexibility index (Phi) is 6.32. The van der Waals surface area contributed by atoms with Crippen LogP contribution in [0.4, 0.5) is 0 Å². The fourth-order valence-electron chi connectivity index (χ4n) is 5.34. The van der Waals surface area contributed by atoms with E-state index in [0.717, 1.165) is 48.8 Å². The molecule has 1 aliphatic carbocycles. The van der Waals surface area contributed by atoms with Gasteiger partial charge in [-0.15, -0.1) is 0 Å². The number of nitrogens with zero attached hydrogens (tertiary/aromatic N) is 2. The molecule has 0 unspecified atom stereocenters. The van der Waals surface area contributed by atoms with E-state index in [1.807, 2.05) is 43.0 Å². The zero-order valence-corrected chi connectivity index (χ0v) is 18.9. The third-order valence-corrected chi connectivity index (χ3v) is 7.38. The van der Waals surface area contributed by atoms with Crippen LogP contribution in [0.5, 0.6) is 0 Å². The summed E-state index contributed by atoms with van der Waals surface area (Å²) in [5, 5.41) is 18.9. The Balaban J connectivity index is 1.56. The smallest absolute Gasteiger partial charge is 0.336 e. The summed E-state index contributed by atoms with van der Waals surface area (Å²) >= 11 is 0. The summed E-state index contributed by atoms with van der Waals surface area (Å²) in [6, 6.07) is 11.5. The monoisotopic (exact) mass is 430 g/mol. The third-order valence-electron chi connectivity index (χ3n) is 7.38. The van der Waals surface area contributed by atoms with Crippen LogP contribution in [0, 0.1) is 18.3 Å². The van der Waals surface area contributed by atoms with Crippen molar-refractivity contribution in [3.8, 4) is 6.07 Å². The number of amides is 1. The molecule has 1 amide bonds. The summed E-state index contributed by atoms with van der Waals surface area (Å²) in [4.78, 5) is 27.4. The quantitative estimate of drug-likeness (QED) is 0.687. The maximum atomic E-state index is 13.5. The van der Waals surface area contributed by atoms with Gasteiger partial charge in [0.15, 0.2) is 0 Å². The average Bonchev–Trinajstić information content (AvgIpc) is 2.78. The molecule has 1 saturated carbocycles. The lowest BCUT2D eigenvalue weighted by atomic mass is 9.74. The first-order valence-corrected chi connectivity index (χ1v) is 11.6. The van der Waals surface area contributed by atoms with Gasteiger partial charge < -0.3 is 10.0 Å². The molecule has 2 aromatic carbocycles. The van der Waals surface area contributed by atoms with Gasteiger partial charge in [-0.25, -0.2) is 4.79 Å². The number of hydrogen-bond acceptors (Lipinski definition) is 3. The fraction of sp³-hybridized carbons (Fsp3) is 0.444. The normalized spacial score (nSPS) is 17.0. The number of aromatic carboxylic acids is 1. The molecule has 32 heavy (non-hydrogen) atoms. The predicted octanol–water partition coefficient (Wildman–Crippen LogP) is 5.41. The molecule has 166 valence electrons. The molecule has 1 N–H and O–H groups in total. The van der Waals surface area contributed by atoms with E-state index in [0.29, 0.717) is 48.0 Å². The van der Waals surface area contributed by atoms with Gasteiger partial charge >= 0.3 is 5.97 Å². The van der Waals surface area contributed by atoms with Gasteiger partial charge in [0.2, 0.25) is 0 Å². The highest BCUT2D eigenvalue weighted by molar-refractivity contribution is 6.00. The Morgan fingerprint density at radius 2 is 1.72 bits per heavy atom. The number of hydrogen-bond donors (Lipinski definition) is 1. The molecule has 0 bridgehead atoms. The molecule has 0 radical (unpaired) electrons. The van der Waals surface area contributed by atoms with Crippen LogP contribution in [0.3, 0.4) is 0 Å². The molecule has 2 aromatic rings. The maximum absolute atomic E-state index is 13.5. The summed E-state index contributed by atoms with van der Waals surface area (Å²) in [5.41, 5.74) is 5.66. The molecule has 5 heteroatoms. The lowest BCUT2D eigenvalue weighted by Crippen LogP contribution is -2.38. The van der Waals surface area contributed by atoms with E-state index in [9.17, 15) is 14.7 Å². The van der Waals surface area contributed by atoms with E-state index in [-0.39, 0.29) is 5.91 Å². The number of piperidine rings is 1. The second kappa shape index (κ2) is 9.16. The van der Waals surface area contributed by atoms with Crippen molar-refractivity contribution >= 4 is 11.9 Å². The second-order valence-electron chi connectivity index (χ2n) is 9.08. The molecule has 5 nitrogen and oxygen atoms in total. The fourth-order valence-corrected chi connectivity index (χ4v) is 5.34. The summed E-state index contributed by atoms with van der Waals surface area (Å²) < 4.78 is 0. The molecule has 0 aromatic heterocycles. The summed E-state index contributed by atoms with van der Waals surface area (Å²) in [7, 11) is 0. The number of benzene rings is 2. The molecule has 2 fully saturated rings. The van der Waals surface area contributed by atoms with Crippen LogP contribution in [0.1, 0.15) is 99.4 Å². The van der Waals surface area contributed by atoms with Crippen LogP contribution in [-0.2, 0) is 6.42 Å². The summed E-state index contributed by atoms with van der Waals surface area (Å²) in [5.74, 6) is -0.314. The van der Waals surface area contributed by atoms with Crippen molar-refractivity contribution in [3.05, 3.63) is 69.3 Å². The van der Waals surface area contributed by atoms with Crippen LogP contribution in [-0.4, -0.2) is 35.0 Å². The minimum Gasteiger partial charge on any atom is -0.478 e. The Bertz CT molecular complexity index is 1070. The first-order valence-electron chi connectivity index (χ1n) is 11.6. The van der Waals surface area contributed by atoms with E-state index >= 15 is 0 Å². The van der Waals surface area contributed by atoms with Crippen LogP contribution >= 0.6 is 0 Å². The molecule has 1 saturated heterocycles. The molecular formula is C27H30N2O3. The maximum Gasteiger partial charge on any atom is 0.336 e. The number of likely N-dealkylation sites (tertiary alicyclic amines) is 1. The number of carboxylic acid groups (broad SMARTS) is 1. The van der Waals surface area contributed by atoms with E-state index in [1.165, 1.54) is 5.56 Å². The Hall–Kier alpha value is -3.13. The standard InChI is InChI=1S/C27H30N2O3/c1-3-22-17(2)25(21-5-4-6-21)24(27(31)32)15-23(22)26(30)29-13-11-20(12-14-29)19-9-7-18(16-28)8-10-19/h7-10,15,20-21H,3-6,11-14H2,1-2H3,(H,31,32). The van der Waals surface area contributed by atoms with Crippen LogP contribution in [0.15, 0.2) is 30.3 Å². The first-order chi connectivity index (χ1) is 15.4. The lowest BCUT2D eigenvalue weighted by molar-refractivity contribution is 0.0694. The zero-order chi connectivity index (χ0) is 22.8. The third kappa shape index (κ3) is 4.02. The average molecular weight is 431 g/mol. The minimum absolute atomic E-state index is 0.0501. The SMILES string of the molecule is CCc1c(C(=O)N2CCC(c3ccc(C#N)cc3)CC2)cc(C(=O)O)c(C2CCC2)c1C. The van der Waals surface area contributed by atoms with Gasteiger partial charge in [-0.2, -0.15) is 5.26 Å². The molecule has 1 aliphatic heterocycles. The van der Waals surface area contributed by atoms with Gasteiger partial charge in [-0.3, -0.25) is 4.79 Å². The predicted molar refractivity (Wildman–Crippen MR) is 123 cm³/mol. The van der Waals surface area contributed by atoms with Gasteiger partial charge in [0.05, 0.1) is 17.2 Å². The van der Waals surface area contributed by atoms with Gasteiger partial charge in [0, 0.05) is 18.7 Å². The zero-order valence-electron chi connectivity index (χ0n) is 18.9. The molecule has 4 rings (SSSR count). The number of carbonyl (C=O) groups is 2. The lowest BCUT2D eigenvalue weighted by Gasteiger charge is -2.34. The summed E-state index contributed by atoms with van der Waals surface area (Å²) in [6.07, 6.45) is 5.64. The van der Waals surface area contributed by atoms with E-state index in [2.05, 4.69) is 6.07 Å². The van der Waals surface area contributed by atoms with Crippen LogP contribution in [0.25, 0.3) is 0 Å². The van der Waals surface area contributed by atoms with Crippen molar-refractivity contribution < 1.29 is 14.7 Å². The van der Waals surface area contributed by atoms with Gasteiger partial charge in [0.25, 0.3) is 5.91 Å². The Morgan fingerprint density at radius 3 is 2.22 bits per heavy atom. The Labute approximate surface area is 189 Å². The number of nitriles is 1. The molecule has 0 spiro atoms. The first kappa shape index (κ1) is 22.1. The number of carbonyl (C=O) groups excluding carboxylic acids is 1. The minimum atomic E-state index is -0.939. The second-order valence-corrected chi connectivity index (χ2v) is 9.08. The number of carboxylic acids is 1. The van der Waals surface area contributed by atoms with Crippen molar-refractivity contribution in [2.75, 3.05) is 13.1 Å². The van der Waals surface area contributed by atoms with E-state index < -0.39 is 5.97 Å². The highest BCUT2D eigenvalue weighted by atomic mass is 16.4. The molecule has 1 heterocycles. The van der Waals surface area contributed by atoms with Crippen molar-refractivity contribution in [3.63, 3.8) is 0 Å². The van der Waals surface area contributed by atoms with Crippen molar-refractivity contribution in [2.45, 2.75) is 64.2 Å². The number of rotatable bonds is 5. The van der Waals surface area contributed by atoms with E-state index in [1.54, 1.807) is 6.07 Å². The molecular weight excluding hydrogens is 400 g/mol. The highest BCUT2D eigenvalue weighted by Crippen LogP contribution is 2.42. The molecule has 0 atom stereocenters. The topological polar surface area (TPSA) is 81.4 Å². The van der Waals surface area contributed by atoms with Crippen molar-refractivity contribution in [1.29, 1.82) is 5.26 Å². The van der Waals surface area contributed by atoms with Crippen LogP contribution < -0.4 is 0 Å². The van der Waals surface area contributed by atoms with Crippen LogP contribution in [0.2, 0.25) is 0 Å². The highest BCUT2D eigenvalue weighted by Gasteiger charge is 2.32. The molecule has 2 aliphatic rings. The largest absolute Gasteiger partial charge is 0.478 e. The van der Waals surface area contributed by atoms with E-state index in [4.69, 9.17) is 5.26 Å².